The SMILES string of the molecule is COc1ccc(CN2CCN(C(=O)/C=C/c3ccccc3F)CC2)cc1F. The van der Waals surface area contributed by atoms with Crippen LogP contribution >= 0.6 is 0 Å². The Labute approximate surface area is 157 Å². The number of ether oxygens (including phenoxy) is 1. The van der Waals surface area contributed by atoms with Gasteiger partial charge in [0.2, 0.25) is 5.91 Å². The molecule has 1 fully saturated rings. The van der Waals surface area contributed by atoms with E-state index in [1.165, 1.54) is 31.4 Å². The molecule has 2 aromatic rings. The van der Waals surface area contributed by atoms with Gasteiger partial charge in [-0.2, -0.15) is 0 Å². The molecule has 27 heavy (non-hydrogen) atoms. The van der Waals surface area contributed by atoms with E-state index >= 15 is 0 Å². The maximum atomic E-state index is 13.8. The summed E-state index contributed by atoms with van der Waals surface area (Å²) < 4.78 is 32.3. The van der Waals surface area contributed by atoms with Gasteiger partial charge in [0, 0.05) is 44.4 Å². The summed E-state index contributed by atoms with van der Waals surface area (Å²) in [4.78, 5) is 16.2. The van der Waals surface area contributed by atoms with Crippen molar-refractivity contribution in [1.82, 2.24) is 9.80 Å². The van der Waals surface area contributed by atoms with Gasteiger partial charge < -0.3 is 9.64 Å². The Kier molecular flexibility index (Phi) is 6.19. The summed E-state index contributed by atoms with van der Waals surface area (Å²) in [6.07, 6.45) is 2.91. The van der Waals surface area contributed by atoms with Gasteiger partial charge in [0.15, 0.2) is 11.6 Å². The van der Waals surface area contributed by atoms with E-state index in [0.717, 1.165) is 5.56 Å². The third-order valence-corrected chi connectivity index (χ3v) is 4.62. The van der Waals surface area contributed by atoms with Crippen LogP contribution in [-0.2, 0) is 11.3 Å². The first-order valence-electron chi connectivity index (χ1n) is 8.83. The van der Waals surface area contributed by atoms with Crippen LogP contribution in [0.15, 0.2) is 48.5 Å². The number of amides is 1. The summed E-state index contributed by atoms with van der Waals surface area (Å²) in [6, 6.07) is 11.3. The van der Waals surface area contributed by atoms with Crippen LogP contribution in [-0.4, -0.2) is 49.0 Å². The highest BCUT2D eigenvalue weighted by Gasteiger charge is 2.20. The first-order chi connectivity index (χ1) is 13.1. The number of piperazine rings is 1. The van der Waals surface area contributed by atoms with Crippen LogP contribution in [0.4, 0.5) is 8.78 Å². The van der Waals surface area contributed by atoms with E-state index in [9.17, 15) is 13.6 Å². The van der Waals surface area contributed by atoms with Crippen molar-refractivity contribution in [1.29, 1.82) is 0 Å². The minimum atomic E-state index is -0.373. The van der Waals surface area contributed by atoms with Crippen molar-refractivity contribution in [3.8, 4) is 5.75 Å². The monoisotopic (exact) mass is 372 g/mol. The molecule has 1 saturated heterocycles. The summed E-state index contributed by atoms with van der Waals surface area (Å²) in [7, 11) is 1.44. The van der Waals surface area contributed by atoms with Crippen molar-refractivity contribution < 1.29 is 18.3 Å². The lowest BCUT2D eigenvalue weighted by molar-refractivity contribution is -0.127. The molecule has 2 aromatic carbocycles. The Balaban J connectivity index is 1.52. The average Bonchev–Trinajstić information content (AvgIpc) is 2.68. The zero-order chi connectivity index (χ0) is 19.2. The molecule has 0 aromatic heterocycles. The summed E-state index contributed by atoms with van der Waals surface area (Å²) in [6.45, 7) is 3.19. The first kappa shape index (κ1) is 19.0. The van der Waals surface area contributed by atoms with Gasteiger partial charge in [0.05, 0.1) is 7.11 Å². The number of halogens is 2. The van der Waals surface area contributed by atoms with Gasteiger partial charge in [-0.05, 0) is 29.8 Å². The fourth-order valence-electron chi connectivity index (χ4n) is 3.07. The summed E-state index contributed by atoms with van der Waals surface area (Å²) >= 11 is 0. The van der Waals surface area contributed by atoms with E-state index in [0.29, 0.717) is 38.3 Å². The van der Waals surface area contributed by atoms with E-state index in [4.69, 9.17) is 4.74 Å². The standard InChI is InChI=1S/C21H22F2N2O2/c1-27-20-8-6-16(14-19(20)23)15-24-10-12-25(13-11-24)21(26)9-7-17-4-2-3-5-18(17)22/h2-9,14H,10-13,15H2,1H3/b9-7+. The average molecular weight is 372 g/mol. The quantitative estimate of drug-likeness (QED) is 0.755. The number of methoxy groups -OCH3 is 1. The van der Waals surface area contributed by atoms with Crippen molar-refractivity contribution in [2.45, 2.75) is 6.54 Å². The van der Waals surface area contributed by atoms with Crippen LogP contribution < -0.4 is 4.74 Å². The van der Waals surface area contributed by atoms with Gasteiger partial charge in [-0.15, -0.1) is 0 Å². The third kappa shape index (κ3) is 4.92. The van der Waals surface area contributed by atoms with Crippen LogP contribution in [0.1, 0.15) is 11.1 Å². The lowest BCUT2D eigenvalue weighted by Gasteiger charge is -2.34. The second-order valence-corrected chi connectivity index (χ2v) is 6.43. The molecule has 0 radical (unpaired) electrons. The van der Waals surface area contributed by atoms with Crippen molar-refractivity contribution in [2.24, 2.45) is 0 Å². The highest BCUT2D eigenvalue weighted by molar-refractivity contribution is 5.91. The Morgan fingerprint density at radius 2 is 1.81 bits per heavy atom. The zero-order valence-electron chi connectivity index (χ0n) is 15.2. The third-order valence-electron chi connectivity index (χ3n) is 4.62. The zero-order valence-corrected chi connectivity index (χ0v) is 15.2. The van der Waals surface area contributed by atoms with Crippen molar-refractivity contribution in [2.75, 3.05) is 33.3 Å². The molecule has 1 aliphatic rings. The normalized spacial score (nSPS) is 15.3. The molecule has 0 bridgehead atoms. The van der Waals surface area contributed by atoms with Gasteiger partial charge in [0.25, 0.3) is 0 Å². The number of nitrogens with zero attached hydrogens (tertiary/aromatic N) is 2. The second kappa shape index (κ2) is 8.77. The number of carbonyl (C=O) groups excluding carboxylic acids is 1. The lowest BCUT2D eigenvalue weighted by Crippen LogP contribution is -2.47. The molecule has 0 unspecified atom stereocenters. The maximum absolute atomic E-state index is 13.8. The van der Waals surface area contributed by atoms with Gasteiger partial charge in [0.1, 0.15) is 5.82 Å². The molecule has 0 aliphatic carbocycles. The minimum Gasteiger partial charge on any atom is -0.494 e. The molecule has 0 N–H and O–H groups in total. The molecule has 6 heteroatoms. The van der Waals surface area contributed by atoms with Crippen molar-refractivity contribution in [3.63, 3.8) is 0 Å². The molecule has 0 saturated carbocycles. The number of hydrogen-bond acceptors (Lipinski definition) is 3. The van der Waals surface area contributed by atoms with Gasteiger partial charge in [-0.3, -0.25) is 9.69 Å². The van der Waals surface area contributed by atoms with Crippen LogP contribution in [0.25, 0.3) is 6.08 Å². The van der Waals surface area contributed by atoms with E-state index in [2.05, 4.69) is 4.90 Å². The Morgan fingerprint density at radius 3 is 2.48 bits per heavy atom. The predicted molar refractivity (Wildman–Crippen MR) is 100 cm³/mol. The van der Waals surface area contributed by atoms with Crippen molar-refractivity contribution >= 4 is 12.0 Å². The maximum Gasteiger partial charge on any atom is 0.246 e. The minimum absolute atomic E-state index is 0.131. The highest BCUT2D eigenvalue weighted by atomic mass is 19.1. The predicted octanol–water partition coefficient (Wildman–Crippen LogP) is 3.33. The van der Waals surface area contributed by atoms with E-state index in [-0.39, 0.29) is 23.3 Å². The second-order valence-electron chi connectivity index (χ2n) is 6.43. The largest absolute Gasteiger partial charge is 0.494 e. The van der Waals surface area contributed by atoms with Crippen LogP contribution in [0.3, 0.4) is 0 Å². The molecule has 1 heterocycles. The summed E-state index contributed by atoms with van der Waals surface area (Å²) in [5, 5.41) is 0. The topological polar surface area (TPSA) is 32.8 Å². The molecule has 142 valence electrons. The van der Waals surface area contributed by atoms with E-state index < -0.39 is 0 Å². The summed E-state index contributed by atoms with van der Waals surface area (Å²) in [5.74, 6) is -0.621. The molecule has 0 spiro atoms. The molecule has 1 aliphatic heterocycles. The van der Waals surface area contributed by atoms with Crippen LogP contribution in [0.2, 0.25) is 0 Å². The van der Waals surface area contributed by atoms with Crippen LogP contribution in [0.5, 0.6) is 5.75 Å². The fourth-order valence-corrected chi connectivity index (χ4v) is 3.07. The van der Waals surface area contributed by atoms with E-state index in [1.807, 2.05) is 6.07 Å². The highest BCUT2D eigenvalue weighted by Crippen LogP contribution is 2.19. The first-order valence-corrected chi connectivity index (χ1v) is 8.83. The van der Waals surface area contributed by atoms with E-state index in [1.54, 1.807) is 29.2 Å². The smallest absolute Gasteiger partial charge is 0.246 e. The van der Waals surface area contributed by atoms with Crippen molar-refractivity contribution in [3.05, 3.63) is 71.3 Å². The molecule has 4 nitrogen and oxygen atoms in total. The Hall–Kier alpha value is -2.73. The lowest BCUT2D eigenvalue weighted by atomic mass is 10.1. The molecule has 1 amide bonds. The summed E-state index contributed by atoms with van der Waals surface area (Å²) in [5.41, 5.74) is 1.26. The Bertz CT molecular complexity index is 831. The molecular weight excluding hydrogens is 350 g/mol. The van der Waals surface area contributed by atoms with Gasteiger partial charge in [-0.25, -0.2) is 8.78 Å². The number of hydrogen-bond donors (Lipinski definition) is 0. The molecular formula is C21H22F2N2O2. The number of carbonyl (C=O) groups is 1. The van der Waals surface area contributed by atoms with Gasteiger partial charge >= 0.3 is 0 Å². The molecule has 3 rings (SSSR count). The number of benzene rings is 2. The van der Waals surface area contributed by atoms with Gasteiger partial charge in [-0.1, -0.05) is 24.3 Å². The number of rotatable bonds is 5. The fraction of sp³-hybridized carbons (Fsp3) is 0.286. The Morgan fingerprint density at radius 1 is 1.07 bits per heavy atom. The van der Waals surface area contributed by atoms with Crippen LogP contribution in [0, 0.1) is 11.6 Å². The molecule has 0 atom stereocenters.